The fourth-order valence-corrected chi connectivity index (χ4v) is 4.77. The number of rotatable bonds is 4. The van der Waals surface area contributed by atoms with Crippen molar-refractivity contribution in [2.45, 2.75) is 30.8 Å². The average Bonchev–Trinajstić information content (AvgIpc) is 2.74. The topological polar surface area (TPSA) is 77.9 Å². The third-order valence-corrected chi connectivity index (χ3v) is 6.56. The first-order valence-electron chi connectivity index (χ1n) is 10.3. The summed E-state index contributed by atoms with van der Waals surface area (Å²) in [6.07, 6.45) is 3.74. The van der Waals surface area contributed by atoms with Gasteiger partial charge in [0.2, 0.25) is 0 Å². The maximum absolute atomic E-state index is 13.0. The Balaban J connectivity index is 1.49. The van der Waals surface area contributed by atoms with Crippen molar-refractivity contribution in [3.8, 4) is 5.75 Å². The zero-order valence-electron chi connectivity index (χ0n) is 17.0. The molecule has 2 aliphatic rings. The van der Waals surface area contributed by atoms with Gasteiger partial charge < -0.3 is 20.1 Å². The van der Waals surface area contributed by atoms with Gasteiger partial charge in [-0.1, -0.05) is 0 Å². The Kier molecular flexibility index (Phi) is 6.55. The van der Waals surface area contributed by atoms with E-state index in [0.717, 1.165) is 47.5 Å². The van der Waals surface area contributed by atoms with E-state index in [1.54, 1.807) is 13.3 Å². The van der Waals surface area contributed by atoms with Gasteiger partial charge in [0.05, 0.1) is 13.7 Å². The van der Waals surface area contributed by atoms with Crippen LogP contribution in [0, 0.1) is 0 Å². The van der Waals surface area contributed by atoms with Gasteiger partial charge in [-0.05, 0) is 71.7 Å². The van der Waals surface area contributed by atoms with Crippen molar-refractivity contribution in [2.75, 3.05) is 38.7 Å². The summed E-state index contributed by atoms with van der Waals surface area (Å²) in [5.74, 6) is 0.863. The number of nitrogens with one attached hydrogen (secondary N) is 1. The van der Waals surface area contributed by atoms with E-state index in [1.165, 1.54) is 0 Å². The second-order valence-electron chi connectivity index (χ2n) is 7.79. The highest BCUT2D eigenvalue weighted by atomic mass is 79.9. The summed E-state index contributed by atoms with van der Waals surface area (Å²) < 4.78 is 6.11. The summed E-state index contributed by atoms with van der Waals surface area (Å²) in [5.41, 5.74) is 1.71. The number of aromatic nitrogens is 1. The molecule has 2 aliphatic heterocycles. The summed E-state index contributed by atoms with van der Waals surface area (Å²) >= 11 is 3.44. The fourth-order valence-electron chi connectivity index (χ4n) is 4.54. The molecule has 2 fully saturated rings. The zero-order chi connectivity index (χ0) is 21.1. The molecule has 0 unspecified atom stereocenters. The Bertz CT molecular complexity index is 862. The first-order valence-corrected chi connectivity index (χ1v) is 11.1. The molecule has 0 saturated carbocycles. The number of hydrogen-bond acceptors (Lipinski definition) is 5. The lowest BCUT2D eigenvalue weighted by atomic mass is 9.76. The number of aliphatic hydroxyl groups excluding tert-OH is 1. The van der Waals surface area contributed by atoms with Crippen molar-refractivity contribution in [3.05, 3.63) is 52.8 Å². The predicted octanol–water partition coefficient (Wildman–Crippen LogP) is 3.31. The van der Waals surface area contributed by atoms with Gasteiger partial charge >= 0.3 is 6.03 Å². The number of carbonyl (C=O) groups excluding carboxylic acids is 1. The molecule has 0 radical (unpaired) electrons. The minimum absolute atomic E-state index is 0.0493. The number of aliphatic hydroxyl groups is 1. The smallest absolute Gasteiger partial charge is 0.321 e. The molecule has 0 spiro atoms. The Morgan fingerprint density at radius 3 is 2.67 bits per heavy atom. The number of anilines is 1. The van der Waals surface area contributed by atoms with Gasteiger partial charge in [0, 0.05) is 53.1 Å². The average molecular weight is 475 g/mol. The minimum Gasteiger partial charge on any atom is -0.497 e. The molecule has 2 N–H and O–H groups in total. The van der Waals surface area contributed by atoms with Gasteiger partial charge in [-0.3, -0.25) is 9.88 Å². The van der Waals surface area contributed by atoms with Crippen molar-refractivity contribution in [1.82, 2.24) is 14.8 Å². The number of fused-ring (bicyclic) bond motifs is 1. The zero-order valence-corrected chi connectivity index (χ0v) is 18.6. The van der Waals surface area contributed by atoms with Gasteiger partial charge in [-0.15, -0.1) is 0 Å². The van der Waals surface area contributed by atoms with Crippen molar-refractivity contribution in [2.24, 2.45) is 0 Å². The van der Waals surface area contributed by atoms with Crippen LogP contribution in [0.5, 0.6) is 5.75 Å². The lowest BCUT2D eigenvalue weighted by Gasteiger charge is -2.56. The Morgan fingerprint density at radius 1 is 1.23 bits per heavy atom. The molecule has 4 rings (SSSR count). The number of pyridine rings is 1. The first kappa shape index (κ1) is 21.1. The van der Waals surface area contributed by atoms with Crippen LogP contribution in [0.4, 0.5) is 10.5 Å². The maximum atomic E-state index is 13.0. The molecule has 2 aromatic rings. The third-order valence-electron chi connectivity index (χ3n) is 6.09. The summed E-state index contributed by atoms with van der Waals surface area (Å²) in [6, 6.07) is 11.4. The number of nitrogens with zero attached hydrogens (tertiary/aromatic N) is 3. The molecule has 8 heteroatoms. The van der Waals surface area contributed by atoms with Crippen LogP contribution >= 0.6 is 15.9 Å². The standard InChI is InChI=1S/C22H27BrN4O3/c1-30-17-7-5-16(6-8-17)25-22(29)26-10-2-3-11-27-19(13-26)21(20(27)14-28)18-9-4-15(23)12-24-18/h4-9,12,19-21,28H,2-3,10-11,13-14H2,1H3,(H,25,29)/t19-,20+,21+/m0/s1. The third kappa shape index (κ3) is 4.31. The molecule has 0 aliphatic carbocycles. The number of urea groups is 1. The van der Waals surface area contributed by atoms with Crippen molar-refractivity contribution in [1.29, 1.82) is 0 Å². The molecular formula is C22H27BrN4O3. The summed E-state index contributed by atoms with van der Waals surface area (Å²) in [6.45, 7) is 2.37. The van der Waals surface area contributed by atoms with Crippen LogP contribution in [0.2, 0.25) is 0 Å². The molecule has 7 nitrogen and oxygen atoms in total. The number of amides is 2. The molecular weight excluding hydrogens is 448 g/mol. The predicted molar refractivity (Wildman–Crippen MR) is 119 cm³/mol. The van der Waals surface area contributed by atoms with Gasteiger partial charge in [-0.2, -0.15) is 0 Å². The minimum atomic E-state index is -0.100. The highest BCUT2D eigenvalue weighted by Crippen LogP contribution is 2.41. The quantitative estimate of drug-likeness (QED) is 0.710. The van der Waals surface area contributed by atoms with Crippen LogP contribution in [-0.4, -0.2) is 71.4 Å². The highest BCUT2D eigenvalue weighted by Gasteiger charge is 2.50. The number of halogens is 1. The summed E-state index contributed by atoms with van der Waals surface area (Å²) in [7, 11) is 1.62. The Morgan fingerprint density at radius 2 is 2.00 bits per heavy atom. The number of carbonyl (C=O) groups is 1. The number of hydrogen-bond donors (Lipinski definition) is 2. The van der Waals surface area contributed by atoms with E-state index < -0.39 is 0 Å². The normalized spacial score (nSPS) is 24.2. The molecule has 0 bridgehead atoms. The molecule has 2 amide bonds. The summed E-state index contributed by atoms with van der Waals surface area (Å²) in [5, 5.41) is 13.0. The molecule has 2 saturated heterocycles. The Hall–Kier alpha value is -2.16. The van der Waals surface area contributed by atoms with Crippen LogP contribution in [0.3, 0.4) is 0 Å². The molecule has 3 heterocycles. The lowest BCUT2D eigenvalue weighted by molar-refractivity contribution is -0.0599. The van der Waals surface area contributed by atoms with Crippen molar-refractivity contribution in [3.63, 3.8) is 0 Å². The number of benzene rings is 1. The first-order chi connectivity index (χ1) is 14.6. The molecule has 160 valence electrons. The molecule has 1 aromatic heterocycles. The molecule has 1 aromatic carbocycles. The van der Waals surface area contributed by atoms with Crippen molar-refractivity contribution < 1.29 is 14.6 Å². The lowest BCUT2D eigenvalue weighted by Crippen LogP contribution is -2.68. The van der Waals surface area contributed by atoms with E-state index in [4.69, 9.17) is 4.74 Å². The van der Waals surface area contributed by atoms with E-state index in [9.17, 15) is 9.90 Å². The van der Waals surface area contributed by atoms with E-state index in [-0.39, 0.29) is 30.6 Å². The molecule has 3 atom stereocenters. The second-order valence-corrected chi connectivity index (χ2v) is 8.71. The van der Waals surface area contributed by atoms with Crippen LogP contribution < -0.4 is 10.1 Å². The molecule has 30 heavy (non-hydrogen) atoms. The van der Waals surface area contributed by atoms with Crippen LogP contribution in [-0.2, 0) is 0 Å². The van der Waals surface area contributed by atoms with Gasteiger partial charge in [0.1, 0.15) is 5.75 Å². The van der Waals surface area contributed by atoms with Gasteiger partial charge in [-0.25, -0.2) is 4.79 Å². The van der Waals surface area contributed by atoms with Crippen LogP contribution in [0.1, 0.15) is 24.5 Å². The Labute approximate surface area is 185 Å². The van der Waals surface area contributed by atoms with E-state index in [2.05, 4.69) is 31.1 Å². The summed E-state index contributed by atoms with van der Waals surface area (Å²) in [4.78, 5) is 21.8. The largest absolute Gasteiger partial charge is 0.497 e. The fraction of sp³-hybridized carbons (Fsp3) is 0.455. The number of methoxy groups -OCH3 is 1. The van der Waals surface area contributed by atoms with E-state index in [1.807, 2.05) is 41.3 Å². The monoisotopic (exact) mass is 474 g/mol. The maximum Gasteiger partial charge on any atom is 0.321 e. The SMILES string of the molecule is COc1ccc(NC(=O)N2CCCCN3[C@H](CO)[C@H](c4ccc(Br)cn4)[C@@H]3C2)cc1. The highest BCUT2D eigenvalue weighted by molar-refractivity contribution is 9.10. The number of ether oxygens (including phenoxy) is 1. The van der Waals surface area contributed by atoms with Gasteiger partial charge in [0.25, 0.3) is 0 Å². The van der Waals surface area contributed by atoms with E-state index >= 15 is 0 Å². The van der Waals surface area contributed by atoms with Gasteiger partial charge in [0.15, 0.2) is 0 Å². The van der Waals surface area contributed by atoms with Crippen LogP contribution in [0.15, 0.2) is 47.1 Å². The second kappa shape index (κ2) is 9.32. The van der Waals surface area contributed by atoms with Crippen LogP contribution in [0.25, 0.3) is 0 Å². The van der Waals surface area contributed by atoms with E-state index in [0.29, 0.717) is 6.54 Å². The van der Waals surface area contributed by atoms with Crippen molar-refractivity contribution >= 4 is 27.6 Å².